The van der Waals surface area contributed by atoms with E-state index in [1.807, 2.05) is 54.6 Å². The third-order valence-electron chi connectivity index (χ3n) is 4.45. The molecule has 4 N–H and O–H groups in total. The normalized spacial score (nSPS) is 15.2. The van der Waals surface area contributed by atoms with Crippen LogP contribution in [0.2, 0.25) is 0 Å². The van der Waals surface area contributed by atoms with Crippen LogP contribution in [-0.2, 0) is 4.79 Å². The molecule has 0 unspecified atom stereocenters. The number of nitrogens with zero attached hydrogens (tertiary/aromatic N) is 1. The van der Waals surface area contributed by atoms with E-state index in [4.69, 9.17) is 10.5 Å². The molecule has 2 aromatic rings. The van der Waals surface area contributed by atoms with Gasteiger partial charge in [0.2, 0.25) is 5.91 Å². The van der Waals surface area contributed by atoms with E-state index in [2.05, 4.69) is 15.6 Å². The zero-order chi connectivity index (χ0) is 18.9. The maximum Gasteiger partial charge on any atom is 0.242 e. The lowest BCUT2D eigenvalue weighted by molar-refractivity contribution is -0.120. The molecule has 27 heavy (non-hydrogen) atoms. The molecule has 0 atom stereocenters. The van der Waals surface area contributed by atoms with E-state index in [1.54, 1.807) is 0 Å². The number of carbonyl (C=O) groups is 1. The first-order valence-electron chi connectivity index (χ1n) is 9.38. The number of hydrogen-bond donors (Lipinski definition) is 3. The first-order valence-corrected chi connectivity index (χ1v) is 9.38. The van der Waals surface area contributed by atoms with Crippen LogP contribution in [0, 0.1) is 0 Å². The van der Waals surface area contributed by atoms with Crippen molar-refractivity contribution in [3.05, 3.63) is 54.6 Å². The summed E-state index contributed by atoms with van der Waals surface area (Å²) in [6.07, 6.45) is 5.72. The van der Waals surface area contributed by atoms with E-state index >= 15 is 0 Å². The summed E-state index contributed by atoms with van der Waals surface area (Å²) in [5.74, 6) is 1.56. The highest BCUT2D eigenvalue weighted by Crippen LogP contribution is 2.23. The summed E-state index contributed by atoms with van der Waals surface area (Å²) in [5, 5.41) is 6.02. The number of hydrogen-bond acceptors (Lipinski definition) is 3. The fraction of sp³-hybridized carbons (Fsp3) is 0.333. The third-order valence-corrected chi connectivity index (χ3v) is 4.45. The molecular weight excluding hydrogens is 340 g/mol. The summed E-state index contributed by atoms with van der Waals surface area (Å²) in [7, 11) is 0. The molecule has 1 saturated carbocycles. The maximum absolute atomic E-state index is 12.0. The van der Waals surface area contributed by atoms with Crippen molar-refractivity contribution in [1.82, 2.24) is 5.32 Å². The highest BCUT2D eigenvalue weighted by Gasteiger charge is 2.15. The van der Waals surface area contributed by atoms with Gasteiger partial charge in [0.1, 0.15) is 18.0 Å². The second kappa shape index (κ2) is 9.62. The molecule has 142 valence electrons. The quantitative estimate of drug-likeness (QED) is 0.538. The molecule has 6 nitrogen and oxygen atoms in total. The molecule has 1 aliphatic rings. The van der Waals surface area contributed by atoms with E-state index in [0.29, 0.717) is 5.75 Å². The van der Waals surface area contributed by atoms with Crippen LogP contribution in [0.5, 0.6) is 11.5 Å². The monoisotopic (exact) mass is 366 g/mol. The second-order valence-corrected chi connectivity index (χ2v) is 6.67. The fourth-order valence-corrected chi connectivity index (χ4v) is 3.13. The Balaban J connectivity index is 1.50. The van der Waals surface area contributed by atoms with Gasteiger partial charge in [-0.25, -0.2) is 4.99 Å². The van der Waals surface area contributed by atoms with Gasteiger partial charge in [0.05, 0.1) is 0 Å². The minimum absolute atomic E-state index is 0.0234. The number of benzene rings is 2. The molecule has 0 saturated heterocycles. The SMILES string of the molecule is NC(=NCC(=O)NC1CCCCC1)Nc1cccc(Oc2ccccc2)c1. The summed E-state index contributed by atoms with van der Waals surface area (Å²) < 4.78 is 5.80. The summed E-state index contributed by atoms with van der Waals surface area (Å²) in [6, 6.07) is 17.3. The zero-order valence-corrected chi connectivity index (χ0v) is 15.4. The predicted molar refractivity (Wildman–Crippen MR) is 108 cm³/mol. The zero-order valence-electron chi connectivity index (χ0n) is 15.4. The Hall–Kier alpha value is -3.02. The van der Waals surface area contributed by atoms with Crippen LogP contribution >= 0.6 is 0 Å². The van der Waals surface area contributed by atoms with Crippen LogP contribution in [0.1, 0.15) is 32.1 Å². The smallest absolute Gasteiger partial charge is 0.242 e. The van der Waals surface area contributed by atoms with Crippen LogP contribution < -0.4 is 21.1 Å². The summed E-state index contributed by atoms with van der Waals surface area (Å²) in [4.78, 5) is 16.1. The van der Waals surface area contributed by atoms with E-state index in [0.717, 1.165) is 24.3 Å². The van der Waals surface area contributed by atoms with Crippen LogP contribution in [-0.4, -0.2) is 24.5 Å². The number of aliphatic imine (C=N–C) groups is 1. The highest BCUT2D eigenvalue weighted by atomic mass is 16.5. The van der Waals surface area contributed by atoms with Crippen molar-refractivity contribution in [3.8, 4) is 11.5 Å². The molecule has 0 radical (unpaired) electrons. The fourth-order valence-electron chi connectivity index (χ4n) is 3.13. The molecule has 0 bridgehead atoms. The number of amides is 1. The van der Waals surface area contributed by atoms with Gasteiger partial charge in [-0.3, -0.25) is 4.79 Å². The van der Waals surface area contributed by atoms with E-state index < -0.39 is 0 Å². The van der Waals surface area contributed by atoms with Gasteiger partial charge < -0.3 is 21.1 Å². The van der Waals surface area contributed by atoms with Crippen LogP contribution in [0.3, 0.4) is 0 Å². The lowest BCUT2D eigenvalue weighted by Gasteiger charge is -2.22. The van der Waals surface area contributed by atoms with E-state index in [9.17, 15) is 4.79 Å². The van der Waals surface area contributed by atoms with Gasteiger partial charge in [-0.1, -0.05) is 43.5 Å². The van der Waals surface area contributed by atoms with Gasteiger partial charge in [0.25, 0.3) is 0 Å². The Labute approximate surface area is 159 Å². The molecule has 1 fully saturated rings. The second-order valence-electron chi connectivity index (χ2n) is 6.67. The van der Waals surface area contributed by atoms with Crippen molar-refractivity contribution >= 4 is 17.6 Å². The highest BCUT2D eigenvalue weighted by molar-refractivity contribution is 5.94. The van der Waals surface area contributed by atoms with Crippen molar-refractivity contribution in [2.24, 2.45) is 10.7 Å². The molecule has 2 aromatic carbocycles. The minimum atomic E-state index is -0.0900. The third kappa shape index (κ3) is 6.33. The summed E-state index contributed by atoms with van der Waals surface area (Å²) in [5.41, 5.74) is 6.66. The van der Waals surface area contributed by atoms with Crippen molar-refractivity contribution < 1.29 is 9.53 Å². The average molecular weight is 366 g/mol. The Morgan fingerprint density at radius 3 is 2.56 bits per heavy atom. The first-order chi connectivity index (χ1) is 13.2. The Bertz CT molecular complexity index is 771. The van der Waals surface area contributed by atoms with E-state index in [-0.39, 0.29) is 24.5 Å². The van der Waals surface area contributed by atoms with Crippen molar-refractivity contribution in [1.29, 1.82) is 0 Å². The standard InChI is InChI=1S/C21H26N4O2/c22-21(23-15-20(26)24-16-8-3-1-4-9-16)25-17-10-7-13-19(14-17)27-18-11-5-2-6-12-18/h2,5-7,10-14,16H,1,3-4,8-9,15H2,(H,24,26)(H3,22,23,25). The number of anilines is 1. The number of rotatable bonds is 6. The summed E-state index contributed by atoms with van der Waals surface area (Å²) >= 11 is 0. The van der Waals surface area contributed by atoms with E-state index in [1.165, 1.54) is 19.3 Å². The molecule has 1 aliphatic carbocycles. The molecule has 0 aromatic heterocycles. The Kier molecular flexibility index (Phi) is 6.68. The molecule has 0 spiro atoms. The van der Waals surface area contributed by atoms with Gasteiger partial charge in [0.15, 0.2) is 5.96 Å². The minimum Gasteiger partial charge on any atom is -0.457 e. The lowest BCUT2D eigenvalue weighted by Crippen LogP contribution is -2.38. The molecule has 0 heterocycles. The van der Waals surface area contributed by atoms with Gasteiger partial charge in [-0.2, -0.15) is 0 Å². The number of para-hydroxylation sites is 1. The van der Waals surface area contributed by atoms with Gasteiger partial charge in [-0.05, 0) is 37.1 Å². The maximum atomic E-state index is 12.0. The number of nitrogens with one attached hydrogen (secondary N) is 2. The number of ether oxygens (including phenoxy) is 1. The molecule has 1 amide bonds. The lowest BCUT2D eigenvalue weighted by atomic mass is 9.95. The van der Waals surface area contributed by atoms with Gasteiger partial charge >= 0.3 is 0 Å². The first kappa shape index (κ1) is 18.8. The van der Waals surface area contributed by atoms with Crippen LogP contribution in [0.4, 0.5) is 5.69 Å². The van der Waals surface area contributed by atoms with Crippen molar-refractivity contribution in [2.75, 3.05) is 11.9 Å². The predicted octanol–water partition coefficient (Wildman–Crippen LogP) is 3.65. The van der Waals surface area contributed by atoms with Crippen LogP contribution in [0.15, 0.2) is 59.6 Å². The number of carbonyl (C=O) groups excluding carboxylic acids is 1. The number of guanidine groups is 1. The van der Waals surface area contributed by atoms with Crippen molar-refractivity contribution in [3.63, 3.8) is 0 Å². The van der Waals surface area contributed by atoms with Crippen molar-refractivity contribution in [2.45, 2.75) is 38.1 Å². The van der Waals surface area contributed by atoms with Gasteiger partial charge in [0, 0.05) is 17.8 Å². The topological polar surface area (TPSA) is 88.7 Å². The average Bonchev–Trinajstić information content (AvgIpc) is 2.68. The Morgan fingerprint density at radius 2 is 1.78 bits per heavy atom. The molecular formula is C21H26N4O2. The molecule has 6 heteroatoms. The van der Waals surface area contributed by atoms with Gasteiger partial charge in [-0.15, -0.1) is 0 Å². The Morgan fingerprint density at radius 1 is 1.04 bits per heavy atom. The largest absolute Gasteiger partial charge is 0.457 e. The summed E-state index contributed by atoms with van der Waals surface area (Å²) in [6.45, 7) is 0.0234. The molecule has 3 rings (SSSR count). The number of nitrogens with two attached hydrogens (primary N) is 1. The van der Waals surface area contributed by atoms with Crippen LogP contribution in [0.25, 0.3) is 0 Å². The molecule has 0 aliphatic heterocycles.